The molecule has 6 nitrogen and oxygen atoms in total. The van der Waals surface area contributed by atoms with Gasteiger partial charge in [0.2, 0.25) is 0 Å². The standard InChI is InChI=1S/C11H12FN5OS/c1-2-4-13-10-9(12)7(3-5-14-10)11(18)16-8-6-15-17-19-8/h3,5-6H,2,4H2,1H3,(H,13,14)(H,16,18). The third-order valence-corrected chi connectivity index (χ3v) is 2.85. The van der Waals surface area contributed by atoms with Crippen molar-refractivity contribution in [3.63, 3.8) is 0 Å². The van der Waals surface area contributed by atoms with Gasteiger partial charge in [-0.05, 0) is 12.5 Å². The number of carbonyl (C=O) groups is 1. The Morgan fingerprint density at radius 3 is 3.05 bits per heavy atom. The van der Waals surface area contributed by atoms with Gasteiger partial charge in [0.1, 0.15) is 5.00 Å². The highest BCUT2D eigenvalue weighted by Crippen LogP contribution is 2.17. The van der Waals surface area contributed by atoms with Gasteiger partial charge in [0.05, 0.1) is 11.8 Å². The average molecular weight is 281 g/mol. The maximum Gasteiger partial charge on any atom is 0.259 e. The van der Waals surface area contributed by atoms with E-state index in [2.05, 4.69) is 25.2 Å². The first kappa shape index (κ1) is 13.3. The van der Waals surface area contributed by atoms with E-state index in [0.29, 0.717) is 11.5 Å². The minimum absolute atomic E-state index is 0.0676. The molecule has 100 valence electrons. The zero-order valence-electron chi connectivity index (χ0n) is 10.2. The Labute approximate surface area is 113 Å². The van der Waals surface area contributed by atoms with E-state index in [1.54, 1.807) is 0 Å². The fourth-order valence-electron chi connectivity index (χ4n) is 1.39. The van der Waals surface area contributed by atoms with E-state index in [1.165, 1.54) is 18.5 Å². The number of amides is 1. The summed E-state index contributed by atoms with van der Waals surface area (Å²) >= 11 is 1.02. The smallest absolute Gasteiger partial charge is 0.259 e. The van der Waals surface area contributed by atoms with Crippen LogP contribution in [0.5, 0.6) is 0 Å². The lowest BCUT2D eigenvalue weighted by Crippen LogP contribution is -2.15. The lowest BCUT2D eigenvalue weighted by Gasteiger charge is -2.08. The Morgan fingerprint density at radius 2 is 2.37 bits per heavy atom. The minimum atomic E-state index is -0.661. The van der Waals surface area contributed by atoms with Crippen LogP contribution < -0.4 is 10.6 Å². The predicted octanol–water partition coefficient (Wildman–Crippen LogP) is 2.15. The Bertz CT molecular complexity index is 560. The highest BCUT2D eigenvalue weighted by molar-refractivity contribution is 7.10. The Balaban J connectivity index is 2.17. The Morgan fingerprint density at radius 1 is 1.53 bits per heavy atom. The summed E-state index contributed by atoms with van der Waals surface area (Å²) in [5.74, 6) is -1.13. The fraction of sp³-hybridized carbons (Fsp3) is 0.273. The summed E-state index contributed by atoms with van der Waals surface area (Å²) in [7, 11) is 0. The van der Waals surface area contributed by atoms with Crippen LogP contribution in [0.15, 0.2) is 18.5 Å². The number of carbonyl (C=O) groups excluding carboxylic acids is 1. The topological polar surface area (TPSA) is 79.8 Å². The molecule has 0 bridgehead atoms. The first-order valence-corrected chi connectivity index (χ1v) is 6.46. The SMILES string of the molecule is CCCNc1nccc(C(=O)Nc2cnns2)c1F. The molecule has 0 fully saturated rings. The van der Waals surface area contributed by atoms with Crippen LogP contribution in [0.2, 0.25) is 0 Å². The number of pyridine rings is 1. The number of anilines is 2. The van der Waals surface area contributed by atoms with E-state index in [4.69, 9.17) is 0 Å². The molecule has 2 rings (SSSR count). The normalized spacial score (nSPS) is 10.2. The molecule has 0 aliphatic rings. The van der Waals surface area contributed by atoms with Crippen molar-refractivity contribution < 1.29 is 9.18 Å². The van der Waals surface area contributed by atoms with Gasteiger partial charge in [-0.15, -0.1) is 5.10 Å². The molecular formula is C11H12FN5OS. The van der Waals surface area contributed by atoms with Crippen LogP contribution in [-0.2, 0) is 0 Å². The number of nitrogens with zero attached hydrogens (tertiary/aromatic N) is 3. The molecule has 19 heavy (non-hydrogen) atoms. The third-order valence-electron chi connectivity index (χ3n) is 2.27. The molecule has 1 amide bonds. The van der Waals surface area contributed by atoms with Crippen molar-refractivity contribution in [1.82, 2.24) is 14.6 Å². The monoisotopic (exact) mass is 281 g/mol. The van der Waals surface area contributed by atoms with E-state index in [-0.39, 0.29) is 11.4 Å². The molecule has 0 saturated heterocycles. The van der Waals surface area contributed by atoms with Gasteiger partial charge in [-0.25, -0.2) is 9.37 Å². The molecule has 0 saturated carbocycles. The molecule has 2 aromatic heterocycles. The summed E-state index contributed by atoms with van der Waals surface area (Å²) in [6, 6.07) is 1.33. The summed E-state index contributed by atoms with van der Waals surface area (Å²) in [6.45, 7) is 2.55. The first-order chi connectivity index (χ1) is 9.22. The van der Waals surface area contributed by atoms with Crippen molar-refractivity contribution in [3.05, 3.63) is 29.8 Å². The van der Waals surface area contributed by atoms with Crippen LogP contribution in [0, 0.1) is 5.82 Å². The van der Waals surface area contributed by atoms with Crippen molar-refractivity contribution >= 4 is 28.3 Å². The largest absolute Gasteiger partial charge is 0.368 e. The van der Waals surface area contributed by atoms with Gasteiger partial charge in [0, 0.05) is 24.3 Å². The van der Waals surface area contributed by atoms with Gasteiger partial charge in [-0.2, -0.15) is 0 Å². The van der Waals surface area contributed by atoms with Crippen LogP contribution in [0.3, 0.4) is 0 Å². The highest BCUT2D eigenvalue weighted by atomic mass is 32.1. The van der Waals surface area contributed by atoms with Crippen molar-refractivity contribution in [2.24, 2.45) is 0 Å². The van der Waals surface area contributed by atoms with Crippen molar-refractivity contribution in [3.8, 4) is 0 Å². The molecular weight excluding hydrogens is 269 g/mol. The van der Waals surface area contributed by atoms with Crippen LogP contribution in [0.4, 0.5) is 15.2 Å². The molecule has 0 unspecified atom stereocenters. The van der Waals surface area contributed by atoms with E-state index >= 15 is 0 Å². The third kappa shape index (κ3) is 3.22. The second-order valence-corrected chi connectivity index (χ2v) is 4.47. The lowest BCUT2D eigenvalue weighted by molar-refractivity contribution is 0.102. The molecule has 2 heterocycles. The fourth-order valence-corrected chi connectivity index (χ4v) is 1.80. The number of aromatic nitrogens is 3. The summed E-state index contributed by atoms with van der Waals surface area (Å²) in [5, 5.41) is 9.40. The molecule has 0 atom stereocenters. The van der Waals surface area contributed by atoms with Gasteiger partial charge in [-0.1, -0.05) is 11.4 Å². The van der Waals surface area contributed by atoms with Gasteiger partial charge in [0.25, 0.3) is 5.91 Å². The second-order valence-electron chi connectivity index (χ2n) is 3.68. The van der Waals surface area contributed by atoms with Crippen LogP contribution in [0.25, 0.3) is 0 Å². The molecule has 2 N–H and O–H groups in total. The first-order valence-electron chi connectivity index (χ1n) is 5.69. The van der Waals surface area contributed by atoms with E-state index in [9.17, 15) is 9.18 Å². The lowest BCUT2D eigenvalue weighted by atomic mass is 10.2. The number of nitrogens with one attached hydrogen (secondary N) is 2. The second kappa shape index (κ2) is 6.19. The maximum atomic E-state index is 14.1. The predicted molar refractivity (Wildman–Crippen MR) is 70.8 cm³/mol. The number of hydrogen-bond donors (Lipinski definition) is 2. The van der Waals surface area contributed by atoms with E-state index in [1.807, 2.05) is 6.92 Å². The zero-order valence-corrected chi connectivity index (χ0v) is 11.0. The van der Waals surface area contributed by atoms with Gasteiger partial charge in [0.15, 0.2) is 11.6 Å². The van der Waals surface area contributed by atoms with Crippen molar-refractivity contribution in [1.29, 1.82) is 0 Å². The molecule has 0 spiro atoms. The van der Waals surface area contributed by atoms with Crippen molar-refractivity contribution in [2.75, 3.05) is 17.2 Å². The molecule has 0 aliphatic carbocycles. The average Bonchev–Trinajstić information content (AvgIpc) is 2.90. The number of halogens is 1. The molecule has 0 radical (unpaired) electrons. The molecule has 8 heteroatoms. The highest BCUT2D eigenvalue weighted by Gasteiger charge is 2.16. The van der Waals surface area contributed by atoms with Crippen LogP contribution in [0.1, 0.15) is 23.7 Å². The van der Waals surface area contributed by atoms with Crippen molar-refractivity contribution in [2.45, 2.75) is 13.3 Å². The number of hydrogen-bond acceptors (Lipinski definition) is 6. The molecule has 0 aliphatic heterocycles. The maximum absolute atomic E-state index is 14.1. The minimum Gasteiger partial charge on any atom is -0.368 e. The van der Waals surface area contributed by atoms with E-state index < -0.39 is 11.7 Å². The van der Waals surface area contributed by atoms with Gasteiger partial charge < -0.3 is 10.6 Å². The van der Waals surface area contributed by atoms with E-state index in [0.717, 1.165) is 18.0 Å². The van der Waals surface area contributed by atoms with Crippen LogP contribution >= 0.6 is 11.5 Å². The number of rotatable bonds is 5. The van der Waals surface area contributed by atoms with Crippen LogP contribution in [-0.4, -0.2) is 27.0 Å². The summed E-state index contributed by atoms with van der Waals surface area (Å²) in [4.78, 5) is 15.8. The van der Waals surface area contributed by atoms with Gasteiger partial charge >= 0.3 is 0 Å². The summed E-state index contributed by atoms with van der Waals surface area (Å²) in [6.07, 6.45) is 3.63. The molecule has 2 aromatic rings. The Hall–Kier alpha value is -2.09. The van der Waals surface area contributed by atoms with Gasteiger partial charge in [-0.3, -0.25) is 4.79 Å². The summed E-state index contributed by atoms with van der Waals surface area (Å²) < 4.78 is 17.7. The molecule has 0 aromatic carbocycles. The Kier molecular flexibility index (Phi) is 4.35. The summed E-state index contributed by atoms with van der Waals surface area (Å²) in [5.41, 5.74) is -0.0676. The zero-order chi connectivity index (χ0) is 13.7. The quantitative estimate of drug-likeness (QED) is 0.877.